The van der Waals surface area contributed by atoms with Crippen molar-refractivity contribution in [2.75, 3.05) is 6.54 Å². The van der Waals surface area contributed by atoms with Crippen LogP contribution in [0.4, 0.5) is 0 Å². The molecule has 0 aromatic heterocycles. The zero-order valence-electron chi connectivity index (χ0n) is 28.3. The van der Waals surface area contributed by atoms with E-state index in [4.69, 9.17) is 15.0 Å². The summed E-state index contributed by atoms with van der Waals surface area (Å²) in [7, 11) is -0.546. The van der Waals surface area contributed by atoms with Crippen molar-refractivity contribution < 1.29 is 23.9 Å². The molecular weight excluding hydrogens is 585 g/mol. The van der Waals surface area contributed by atoms with E-state index in [1.165, 1.54) is 5.56 Å². The molecule has 1 heterocycles. The number of Topliss-reactive ketones (excluding diaryl/α,β-unsaturated/α-hetero) is 1. The van der Waals surface area contributed by atoms with Gasteiger partial charge in [-0.05, 0) is 87.0 Å². The predicted molar refractivity (Wildman–Crippen MR) is 179 cm³/mol. The molecule has 254 valence electrons. The van der Waals surface area contributed by atoms with Crippen LogP contribution in [0.25, 0.3) is 0 Å². The Hall–Kier alpha value is -2.99. The Labute approximate surface area is 274 Å². The summed E-state index contributed by atoms with van der Waals surface area (Å²) in [5.41, 5.74) is 8.52. The van der Waals surface area contributed by atoms with E-state index in [1.54, 1.807) is 0 Å². The number of benzene rings is 1. The first kappa shape index (κ1) is 35.9. The SMILES string of the molecule is CC(C)C[C@H](NC(=O)[C@H](CCCN=C(N)N[N+](=O)[O-])CC(=O)CCCCCc1ccccc1)B1O[C@@H]2C[C@@H]3C[C@@H](C3(C)C)[C@]2(C)O1. The Kier molecular flexibility index (Phi) is 12.3. The van der Waals surface area contributed by atoms with Crippen LogP contribution in [-0.2, 0) is 25.3 Å². The molecule has 1 aromatic carbocycles. The fraction of sp³-hybridized carbons (Fsp3) is 0.735. The Balaban J connectivity index is 1.36. The van der Waals surface area contributed by atoms with Crippen LogP contribution in [0.2, 0.25) is 0 Å². The number of guanidine groups is 1. The number of nitrogens with one attached hydrogen (secondary N) is 2. The van der Waals surface area contributed by atoms with E-state index >= 15 is 0 Å². The predicted octanol–water partition coefficient (Wildman–Crippen LogP) is 5.04. The zero-order chi connectivity index (χ0) is 33.5. The summed E-state index contributed by atoms with van der Waals surface area (Å²) in [5, 5.41) is 13.1. The van der Waals surface area contributed by atoms with Crippen LogP contribution in [-0.4, -0.2) is 54.0 Å². The molecule has 1 amide bonds. The second-order valence-corrected chi connectivity index (χ2v) is 14.8. The second kappa shape index (κ2) is 15.7. The number of rotatable bonds is 18. The molecule has 2 bridgehead atoms. The van der Waals surface area contributed by atoms with Gasteiger partial charge in [-0.2, -0.15) is 0 Å². The topological polar surface area (TPSA) is 158 Å². The first-order valence-electron chi connectivity index (χ1n) is 17.2. The van der Waals surface area contributed by atoms with Crippen LogP contribution in [0.5, 0.6) is 0 Å². The van der Waals surface area contributed by atoms with E-state index in [1.807, 2.05) is 23.6 Å². The standard InChI is InChI=1S/C34H54BN5O6/c1-23(2)19-30(35-45-29-22-26-21-28(33(26,3)4)34(29,5)46-35)38-31(42)25(16-12-18-37-32(36)39-40(43)44)20-27(41)17-11-7-10-15-24-13-8-6-9-14-24/h6,8-9,13-14,23,25-26,28-30H,7,10-12,15-22H2,1-5H3,(H,38,42)(H3,36,37,39)/t25-,26+,28+,29-,30+,34+/m1/s1. The summed E-state index contributed by atoms with van der Waals surface area (Å²) < 4.78 is 13.3. The third-order valence-electron chi connectivity index (χ3n) is 10.7. The van der Waals surface area contributed by atoms with Crippen molar-refractivity contribution in [3.8, 4) is 0 Å². The molecule has 3 aliphatic carbocycles. The normalized spacial score (nSPS) is 26.2. The molecule has 12 heteroatoms. The molecule has 5 rings (SSSR count). The van der Waals surface area contributed by atoms with Crippen LogP contribution < -0.4 is 16.5 Å². The maximum Gasteiger partial charge on any atom is 0.481 e. The number of unbranched alkanes of at least 4 members (excludes halogenated alkanes) is 2. The van der Waals surface area contributed by atoms with E-state index < -0.39 is 18.1 Å². The highest BCUT2D eigenvalue weighted by atomic mass is 16.7. The summed E-state index contributed by atoms with van der Waals surface area (Å²) in [6.07, 6.45) is 7.95. The first-order valence-corrected chi connectivity index (χ1v) is 17.2. The fourth-order valence-electron chi connectivity index (χ4n) is 7.96. The van der Waals surface area contributed by atoms with Crippen molar-refractivity contribution >= 4 is 24.8 Å². The number of hydrogen-bond donors (Lipinski definition) is 3. The molecule has 1 aliphatic heterocycles. The number of aliphatic imine (C=N–C) groups is 1. The highest BCUT2D eigenvalue weighted by Crippen LogP contribution is 2.65. The third-order valence-corrected chi connectivity index (χ3v) is 10.7. The Bertz CT molecular complexity index is 1230. The molecule has 4 fully saturated rings. The zero-order valence-corrected chi connectivity index (χ0v) is 28.3. The lowest BCUT2D eigenvalue weighted by Gasteiger charge is -2.64. The van der Waals surface area contributed by atoms with Crippen molar-refractivity contribution in [2.45, 2.75) is 123 Å². The van der Waals surface area contributed by atoms with Gasteiger partial charge in [-0.1, -0.05) is 69.9 Å². The second-order valence-electron chi connectivity index (χ2n) is 14.8. The van der Waals surface area contributed by atoms with Gasteiger partial charge in [0.05, 0.1) is 17.6 Å². The third kappa shape index (κ3) is 9.09. The molecule has 4 aliphatic rings. The number of aryl methyl sites for hydroxylation is 1. The van der Waals surface area contributed by atoms with Gasteiger partial charge >= 0.3 is 7.12 Å². The number of nitrogens with two attached hydrogens (primary N) is 1. The Morgan fingerprint density at radius 2 is 1.87 bits per heavy atom. The summed E-state index contributed by atoms with van der Waals surface area (Å²) >= 11 is 0. The number of hydrazine groups is 1. The molecule has 0 unspecified atom stereocenters. The molecule has 46 heavy (non-hydrogen) atoms. The van der Waals surface area contributed by atoms with Gasteiger partial charge in [-0.3, -0.25) is 9.59 Å². The summed E-state index contributed by atoms with van der Waals surface area (Å²) in [6, 6.07) is 10.3. The van der Waals surface area contributed by atoms with E-state index in [-0.39, 0.29) is 53.7 Å². The lowest BCUT2D eigenvalue weighted by Crippen LogP contribution is -2.65. The number of ketones is 1. The number of hydrogen-bond acceptors (Lipinski definition) is 7. The van der Waals surface area contributed by atoms with Gasteiger partial charge in [0, 0.05) is 25.3 Å². The van der Waals surface area contributed by atoms with Gasteiger partial charge in [0.2, 0.25) is 5.91 Å². The molecule has 0 radical (unpaired) electrons. The van der Waals surface area contributed by atoms with Gasteiger partial charge in [0.25, 0.3) is 5.96 Å². The molecule has 11 nitrogen and oxygen atoms in total. The van der Waals surface area contributed by atoms with Crippen LogP contribution in [0.15, 0.2) is 35.3 Å². The fourth-order valence-corrected chi connectivity index (χ4v) is 7.96. The first-order chi connectivity index (χ1) is 21.8. The van der Waals surface area contributed by atoms with Gasteiger partial charge in [-0.25, -0.2) is 15.1 Å². The Morgan fingerprint density at radius 1 is 1.13 bits per heavy atom. The van der Waals surface area contributed by atoms with Gasteiger partial charge in [0.1, 0.15) is 5.78 Å². The minimum atomic E-state index is -0.767. The monoisotopic (exact) mass is 639 g/mol. The molecule has 0 spiro atoms. The Morgan fingerprint density at radius 3 is 2.54 bits per heavy atom. The van der Waals surface area contributed by atoms with Crippen LogP contribution in [0, 0.1) is 39.2 Å². The summed E-state index contributed by atoms with van der Waals surface area (Å²) in [4.78, 5) is 41.6. The smallest absolute Gasteiger partial charge is 0.404 e. The molecule has 3 saturated carbocycles. The number of carbonyl (C=O) groups excluding carboxylic acids is 2. The van der Waals surface area contributed by atoms with Crippen molar-refractivity contribution in [3.05, 3.63) is 46.0 Å². The van der Waals surface area contributed by atoms with E-state index in [0.717, 1.165) is 38.5 Å². The summed E-state index contributed by atoms with van der Waals surface area (Å²) in [5.74, 6) is 0.0114. The van der Waals surface area contributed by atoms with Crippen molar-refractivity contribution in [2.24, 2.45) is 39.8 Å². The van der Waals surface area contributed by atoms with E-state index in [0.29, 0.717) is 43.4 Å². The average molecular weight is 640 g/mol. The molecule has 1 aromatic rings. The van der Waals surface area contributed by atoms with Crippen molar-refractivity contribution in [3.63, 3.8) is 0 Å². The van der Waals surface area contributed by atoms with E-state index in [9.17, 15) is 19.7 Å². The maximum absolute atomic E-state index is 13.9. The maximum atomic E-state index is 13.9. The minimum absolute atomic E-state index is 0.0104. The van der Waals surface area contributed by atoms with Crippen molar-refractivity contribution in [1.82, 2.24) is 10.7 Å². The van der Waals surface area contributed by atoms with Gasteiger partial charge in [-0.15, -0.1) is 0 Å². The number of carbonyl (C=O) groups is 2. The van der Waals surface area contributed by atoms with Gasteiger partial charge in [0.15, 0.2) is 5.03 Å². The van der Waals surface area contributed by atoms with E-state index in [2.05, 4.69) is 57.1 Å². The number of nitro groups is 1. The molecule has 6 atom stereocenters. The highest BCUT2D eigenvalue weighted by molar-refractivity contribution is 6.47. The van der Waals surface area contributed by atoms with Gasteiger partial charge < -0.3 is 20.4 Å². The quantitative estimate of drug-likeness (QED) is 0.0504. The van der Waals surface area contributed by atoms with Crippen molar-refractivity contribution in [1.29, 1.82) is 0 Å². The van der Waals surface area contributed by atoms with Crippen LogP contribution in [0.1, 0.15) is 104 Å². The molecular formula is C34H54BN5O6. The minimum Gasteiger partial charge on any atom is -0.404 e. The van der Waals surface area contributed by atoms with Crippen LogP contribution in [0.3, 0.4) is 0 Å². The van der Waals surface area contributed by atoms with Crippen LogP contribution >= 0.6 is 0 Å². The number of amides is 1. The number of nitrogens with zero attached hydrogens (tertiary/aromatic N) is 2. The molecule has 1 saturated heterocycles. The highest BCUT2D eigenvalue weighted by Gasteiger charge is 2.68. The lowest BCUT2D eigenvalue weighted by atomic mass is 9.43. The lowest BCUT2D eigenvalue weighted by molar-refractivity contribution is -0.525. The summed E-state index contributed by atoms with van der Waals surface area (Å²) in [6.45, 7) is 11.3. The molecule has 4 N–H and O–H groups in total. The average Bonchev–Trinajstić information content (AvgIpc) is 3.35. The largest absolute Gasteiger partial charge is 0.481 e.